The zero-order chi connectivity index (χ0) is 16.7. The standard InChI is InChI=1S/C19H24N2O2/c1-4-16-10-8-9-15(2)18(16)20-19(22)21(3)13-14-23-17-11-6-5-7-12-17/h5-12H,4,13-14H2,1-3H3,(H,20,22). The van der Waals surface area contributed by atoms with Gasteiger partial charge < -0.3 is 15.0 Å². The van der Waals surface area contributed by atoms with Crippen molar-refractivity contribution in [3.63, 3.8) is 0 Å². The van der Waals surface area contributed by atoms with Crippen LogP contribution in [-0.2, 0) is 6.42 Å². The van der Waals surface area contributed by atoms with E-state index in [0.29, 0.717) is 13.2 Å². The third-order valence-corrected chi connectivity index (χ3v) is 3.76. The number of urea groups is 1. The summed E-state index contributed by atoms with van der Waals surface area (Å²) in [6.45, 7) is 5.07. The molecule has 1 N–H and O–H groups in total. The quantitative estimate of drug-likeness (QED) is 0.872. The topological polar surface area (TPSA) is 41.6 Å². The Labute approximate surface area is 138 Å². The number of hydrogen-bond donors (Lipinski definition) is 1. The molecule has 0 heterocycles. The molecule has 0 atom stereocenters. The highest BCUT2D eigenvalue weighted by Crippen LogP contribution is 2.21. The number of benzene rings is 2. The number of anilines is 1. The summed E-state index contributed by atoms with van der Waals surface area (Å²) >= 11 is 0. The predicted molar refractivity (Wildman–Crippen MR) is 94.1 cm³/mol. The van der Waals surface area contributed by atoms with Crippen LogP contribution in [-0.4, -0.2) is 31.1 Å². The number of carbonyl (C=O) groups excluding carboxylic acids is 1. The first-order chi connectivity index (χ1) is 11.1. The molecular formula is C19H24N2O2. The van der Waals surface area contributed by atoms with Crippen LogP contribution in [0.25, 0.3) is 0 Å². The van der Waals surface area contributed by atoms with E-state index in [4.69, 9.17) is 4.74 Å². The number of nitrogens with zero attached hydrogens (tertiary/aromatic N) is 1. The van der Waals surface area contributed by atoms with Crippen molar-refractivity contribution in [2.24, 2.45) is 0 Å². The van der Waals surface area contributed by atoms with Gasteiger partial charge in [0.15, 0.2) is 0 Å². The summed E-state index contributed by atoms with van der Waals surface area (Å²) in [5.74, 6) is 0.813. The minimum Gasteiger partial charge on any atom is -0.492 e. The Bertz CT molecular complexity index is 641. The number of para-hydroxylation sites is 2. The fourth-order valence-corrected chi connectivity index (χ4v) is 2.32. The third-order valence-electron chi connectivity index (χ3n) is 3.76. The third kappa shape index (κ3) is 4.74. The molecular weight excluding hydrogens is 288 g/mol. The summed E-state index contributed by atoms with van der Waals surface area (Å²) in [4.78, 5) is 14.0. The molecule has 23 heavy (non-hydrogen) atoms. The Hall–Kier alpha value is -2.49. The van der Waals surface area contributed by atoms with Crippen LogP contribution in [0.5, 0.6) is 5.75 Å². The SMILES string of the molecule is CCc1cccc(C)c1NC(=O)N(C)CCOc1ccccc1. The van der Waals surface area contributed by atoms with Gasteiger partial charge in [-0.25, -0.2) is 4.79 Å². The molecule has 2 amide bonds. The molecule has 0 saturated carbocycles. The molecule has 2 rings (SSSR count). The molecule has 0 unspecified atom stereocenters. The van der Waals surface area contributed by atoms with Crippen molar-refractivity contribution >= 4 is 11.7 Å². The number of aryl methyl sites for hydroxylation is 2. The van der Waals surface area contributed by atoms with Crippen LogP contribution in [0.4, 0.5) is 10.5 Å². The van der Waals surface area contributed by atoms with Crippen molar-refractivity contribution in [1.29, 1.82) is 0 Å². The lowest BCUT2D eigenvalue weighted by Crippen LogP contribution is -2.35. The van der Waals surface area contributed by atoms with Crippen LogP contribution in [0, 0.1) is 6.92 Å². The molecule has 0 spiro atoms. The van der Waals surface area contributed by atoms with Crippen LogP contribution in [0.1, 0.15) is 18.1 Å². The van der Waals surface area contributed by atoms with Gasteiger partial charge in [-0.05, 0) is 36.6 Å². The monoisotopic (exact) mass is 312 g/mol. The number of rotatable bonds is 6. The van der Waals surface area contributed by atoms with Crippen molar-refractivity contribution in [2.45, 2.75) is 20.3 Å². The average Bonchev–Trinajstić information content (AvgIpc) is 2.57. The molecule has 0 aliphatic rings. The maximum atomic E-state index is 12.3. The van der Waals surface area contributed by atoms with Gasteiger partial charge in [-0.2, -0.15) is 0 Å². The highest BCUT2D eigenvalue weighted by molar-refractivity contribution is 5.90. The van der Waals surface area contributed by atoms with E-state index < -0.39 is 0 Å². The number of amides is 2. The van der Waals surface area contributed by atoms with Crippen molar-refractivity contribution in [1.82, 2.24) is 4.90 Å². The molecule has 4 nitrogen and oxygen atoms in total. The lowest BCUT2D eigenvalue weighted by molar-refractivity contribution is 0.207. The predicted octanol–water partition coefficient (Wildman–Crippen LogP) is 4.10. The molecule has 0 aliphatic heterocycles. The molecule has 4 heteroatoms. The number of hydrogen-bond acceptors (Lipinski definition) is 2. The molecule has 0 saturated heterocycles. The zero-order valence-corrected chi connectivity index (χ0v) is 14.0. The van der Waals surface area contributed by atoms with Gasteiger partial charge >= 0.3 is 6.03 Å². The van der Waals surface area contributed by atoms with Crippen LogP contribution in [0.3, 0.4) is 0 Å². The lowest BCUT2D eigenvalue weighted by Gasteiger charge is -2.20. The Morgan fingerprint density at radius 3 is 2.57 bits per heavy atom. The van der Waals surface area contributed by atoms with Gasteiger partial charge in [-0.1, -0.05) is 43.3 Å². The van der Waals surface area contributed by atoms with E-state index >= 15 is 0 Å². The van der Waals surface area contributed by atoms with Crippen LogP contribution in [0.2, 0.25) is 0 Å². The summed E-state index contributed by atoms with van der Waals surface area (Å²) in [6, 6.07) is 15.6. The average molecular weight is 312 g/mol. The van der Waals surface area contributed by atoms with E-state index in [1.807, 2.05) is 55.5 Å². The first-order valence-electron chi connectivity index (χ1n) is 7.90. The first-order valence-corrected chi connectivity index (χ1v) is 7.90. The lowest BCUT2D eigenvalue weighted by atomic mass is 10.1. The highest BCUT2D eigenvalue weighted by atomic mass is 16.5. The summed E-state index contributed by atoms with van der Waals surface area (Å²) in [5, 5.41) is 3.01. The van der Waals surface area contributed by atoms with Crippen LogP contribution >= 0.6 is 0 Å². The Balaban J connectivity index is 1.88. The van der Waals surface area contributed by atoms with Gasteiger partial charge in [-0.15, -0.1) is 0 Å². The van der Waals surface area contributed by atoms with E-state index in [9.17, 15) is 4.79 Å². The maximum Gasteiger partial charge on any atom is 0.321 e. The van der Waals surface area contributed by atoms with E-state index in [1.54, 1.807) is 11.9 Å². The van der Waals surface area contributed by atoms with Gasteiger partial charge in [0, 0.05) is 12.7 Å². The summed E-state index contributed by atoms with van der Waals surface area (Å²) in [5.41, 5.74) is 3.13. The second-order valence-corrected chi connectivity index (χ2v) is 5.48. The largest absolute Gasteiger partial charge is 0.492 e. The Morgan fingerprint density at radius 1 is 1.13 bits per heavy atom. The van der Waals surface area contributed by atoms with Crippen molar-refractivity contribution in [3.8, 4) is 5.75 Å². The van der Waals surface area contributed by atoms with Gasteiger partial charge in [0.1, 0.15) is 12.4 Å². The maximum absolute atomic E-state index is 12.3. The van der Waals surface area contributed by atoms with E-state index in [1.165, 1.54) is 0 Å². The smallest absolute Gasteiger partial charge is 0.321 e. The van der Waals surface area contributed by atoms with E-state index in [0.717, 1.165) is 29.0 Å². The molecule has 0 aliphatic carbocycles. The molecule has 0 bridgehead atoms. The molecule has 0 fully saturated rings. The van der Waals surface area contributed by atoms with Gasteiger partial charge in [0.25, 0.3) is 0 Å². The van der Waals surface area contributed by atoms with E-state index in [2.05, 4.69) is 12.2 Å². The summed E-state index contributed by atoms with van der Waals surface area (Å²) in [7, 11) is 1.77. The first kappa shape index (κ1) is 16.9. The number of ether oxygens (including phenoxy) is 1. The van der Waals surface area contributed by atoms with Gasteiger partial charge in [-0.3, -0.25) is 0 Å². The fourth-order valence-electron chi connectivity index (χ4n) is 2.32. The van der Waals surface area contributed by atoms with Crippen molar-refractivity contribution in [3.05, 3.63) is 59.7 Å². The van der Waals surface area contributed by atoms with Crippen LogP contribution < -0.4 is 10.1 Å². The van der Waals surface area contributed by atoms with Crippen molar-refractivity contribution < 1.29 is 9.53 Å². The van der Waals surface area contributed by atoms with Crippen LogP contribution in [0.15, 0.2) is 48.5 Å². The number of carbonyl (C=O) groups is 1. The molecule has 0 aromatic heterocycles. The fraction of sp³-hybridized carbons (Fsp3) is 0.316. The second-order valence-electron chi connectivity index (χ2n) is 5.48. The van der Waals surface area contributed by atoms with Crippen molar-refractivity contribution in [2.75, 3.05) is 25.5 Å². The normalized spacial score (nSPS) is 10.2. The van der Waals surface area contributed by atoms with Gasteiger partial charge in [0.05, 0.1) is 6.54 Å². The summed E-state index contributed by atoms with van der Waals surface area (Å²) in [6.07, 6.45) is 0.887. The van der Waals surface area contributed by atoms with E-state index in [-0.39, 0.29) is 6.03 Å². The molecule has 2 aromatic rings. The molecule has 2 aromatic carbocycles. The van der Waals surface area contributed by atoms with Gasteiger partial charge in [0.2, 0.25) is 0 Å². The highest BCUT2D eigenvalue weighted by Gasteiger charge is 2.12. The molecule has 0 radical (unpaired) electrons. The number of likely N-dealkylation sites (N-methyl/N-ethyl adjacent to an activating group) is 1. The second kappa shape index (κ2) is 8.22. The minimum atomic E-state index is -0.120. The molecule has 122 valence electrons. The summed E-state index contributed by atoms with van der Waals surface area (Å²) < 4.78 is 5.62. The Kier molecular flexibility index (Phi) is 6.03. The number of nitrogens with one attached hydrogen (secondary N) is 1. The zero-order valence-electron chi connectivity index (χ0n) is 14.0. The Morgan fingerprint density at radius 2 is 1.87 bits per heavy atom. The minimum absolute atomic E-state index is 0.120.